The van der Waals surface area contributed by atoms with Gasteiger partial charge in [0.15, 0.2) is 0 Å². The SMILES string of the molecule is Cc1oc(-c2ccccc2)nc1CCC(=O)NCc1cccnc1. The quantitative estimate of drug-likeness (QED) is 0.756. The summed E-state index contributed by atoms with van der Waals surface area (Å²) in [6.07, 6.45) is 4.39. The minimum Gasteiger partial charge on any atom is -0.441 e. The van der Waals surface area contributed by atoms with Crippen LogP contribution in [0.15, 0.2) is 59.3 Å². The Balaban J connectivity index is 1.55. The monoisotopic (exact) mass is 321 g/mol. The Morgan fingerprint density at radius 3 is 2.75 bits per heavy atom. The number of hydrogen-bond acceptors (Lipinski definition) is 4. The van der Waals surface area contributed by atoms with Crippen LogP contribution in [0.1, 0.15) is 23.4 Å². The Kier molecular flexibility index (Phi) is 5.01. The van der Waals surface area contributed by atoms with Gasteiger partial charge in [-0.15, -0.1) is 0 Å². The van der Waals surface area contributed by atoms with Crippen LogP contribution >= 0.6 is 0 Å². The van der Waals surface area contributed by atoms with Crippen molar-refractivity contribution in [3.63, 3.8) is 0 Å². The Morgan fingerprint density at radius 2 is 2.00 bits per heavy atom. The lowest BCUT2D eigenvalue weighted by atomic mass is 10.2. The molecule has 1 aromatic carbocycles. The van der Waals surface area contributed by atoms with E-state index in [0.717, 1.165) is 22.6 Å². The molecular weight excluding hydrogens is 302 g/mol. The van der Waals surface area contributed by atoms with Crippen molar-refractivity contribution in [3.05, 3.63) is 71.9 Å². The van der Waals surface area contributed by atoms with E-state index in [1.54, 1.807) is 12.4 Å². The molecule has 24 heavy (non-hydrogen) atoms. The molecule has 3 aromatic rings. The van der Waals surface area contributed by atoms with Gasteiger partial charge >= 0.3 is 0 Å². The molecule has 0 saturated carbocycles. The number of aromatic nitrogens is 2. The van der Waals surface area contributed by atoms with Crippen LogP contribution in [0.5, 0.6) is 0 Å². The number of aryl methyl sites for hydroxylation is 2. The third kappa shape index (κ3) is 4.07. The average molecular weight is 321 g/mol. The summed E-state index contributed by atoms with van der Waals surface area (Å²) in [6, 6.07) is 13.5. The molecule has 0 aliphatic carbocycles. The minimum atomic E-state index is -0.0116. The third-order valence-electron chi connectivity index (χ3n) is 3.71. The summed E-state index contributed by atoms with van der Waals surface area (Å²) >= 11 is 0. The molecule has 1 N–H and O–H groups in total. The van der Waals surface area contributed by atoms with E-state index in [4.69, 9.17) is 4.42 Å². The van der Waals surface area contributed by atoms with E-state index in [9.17, 15) is 4.79 Å². The van der Waals surface area contributed by atoms with Crippen LogP contribution in [0.2, 0.25) is 0 Å². The van der Waals surface area contributed by atoms with E-state index in [-0.39, 0.29) is 5.91 Å². The lowest BCUT2D eigenvalue weighted by molar-refractivity contribution is -0.121. The zero-order chi connectivity index (χ0) is 16.8. The van der Waals surface area contributed by atoms with E-state index in [2.05, 4.69) is 15.3 Å². The number of benzene rings is 1. The molecule has 0 fully saturated rings. The average Bonchev–Trinajstić information content (AvgIpc) is 3.01. The van der Waals surface area contributed by atoms with Gasteiger partial charge in [0.05, 0.1) is 5.69 Å². The van der Waals surface area contributed by atoms with Crippen molar-refractivity contribution < 1.29 is 9.21 Å². The Morgan fingerprint density at radius 1 is 1.17 bits per heavy atom. The molecule has 0 aliphatic heterocycles. The standard InChI is InChI=1S/C19H19N3O2/c1-14-17(22-19(24-14)16-7-3-2-4-8-16)9-10-18(23)21-13-15-6-5-11-20-12-15/h2-8,11-12H,9-10,13H2,1H3,(H,21,23). The number of hydrogen-bond donors (Lipinski definition) is 1. The second kappa shape index (κ2) is 7.55. The lowest BCUT2D eigenvalue weighted by Gasteiger charge is -2.04. The van der Waals surface area contributed by atoms with E-state index >= 15 is 0 Å². The second-order valence-corrected chi connectivity index (χ2v) is 5.53. The van der Waals surface area contributed by atoms with E-state index in [0.29, 0.717) is 25.3 Å². The first-order chi connectivity index (χ1) is 11.7. The topological polar surface area (TPSA) is 68.0 Å². The van der Waals surface area contributed by atoms with Gasteiger partial charge in [0.2, 0.25) is 11.8 Å². The molecule has 0 aliphatic rings. The van der Waals surface area contributed by atoms with Gasteiger partial charge in [-0.25, -0.2) is 4.98 Å². The summed E-state index contributed by atoms with van der Waals surface area (Å²) in [6.45, 7) is 2.36. The fourth-order valence-electron chi connectivity index (χ4n) is 2.39. The van der Waals surface area contributed by atoms with Crippen molar-refractivity contribution in [2.75, 3.05) is 0 Å². The highest BCUT2D eigenvalue weighted by Crippen LogP contribution is 2.22. The molecular formula is C19H19N3O2. The number of nitrogens with zero attached hydrogens (tertiary/aromatic N) is 2. The summed E-state index contributed by atoms with van der Waals surface area (Å²) in [5.41, 5.74) is 2.74. The number of oxazole rings is 1. The predicted molar refractivity (Wildman–Crippen MR) is 91.1 cm³/mol. The highest BCUT2D eigenvalue weighted by Gasteiger charge is 2.12. The maximum absolute atomic E-state index is 12.0. The molecule has 0 unspecified atom stereocenters. The summed E-state index contributed by atoms with van der Waals surface area (Å²) in [7, 11) is 0. The Hall–Kier alpha value is -2.95. The summed E-state index contributed by atoms with van der Waals surface area (Å²) in [4.78, 5) is 20.5. The number of nitrogens with one attached hydrogen (secondary N) is 1. The summed E-state index contributed by atoms with van der Waals surface area (Å²) < 4.78 is 5.71. The van der Waals surface area contributed by atoms with E-state index in [1.807, 2.05) is 49.4 Å². The molecule has 3 rings (SSSR count). The largest absolute Gasteiger partial charge is 0.441 e. The first-order valence-electron chi connectivity index (χ1n) is 7.89. The smallest absolute Gasteiger partial charge is 0.226 e. The zero-order valence-electron chi connectivity index (χ0n) is 13.5. The molecule has 2 aromatic heterocycles. The number of pyridine rings is 1. The van der Waals surface area contributed by atoms with Gasteiger partial charge in [-0.05, 0) is 30.7 Å². The molecule has 5 heteroatoms. The normalized spacial score (nSPS) is 10.5. The molecule has 0 spiro atoms. The van der Waals surface area contributed by atoms with Gasteiger partial charge < -0.3 is 9.73 Å². The van der Waals surface area contributed by atoms with Crippen LogP contribution in [0.25, 0.3) is 11.5 Å². The minimum absolute atomic E-state index is 0.0116. The molecule has 5 nitrogen and oxygen atoms in total. The predicted octanol–water partition coefficient (Wildman–Crippen LogP) is 3.29. The number of carbonyl (C=O) groups is 1. The van der Waals surface area contributed by atoms with Crippen LogP contribution in [0, 0.1) is 6.92 Å². The fourth-order valence-corrected chi connectivity index (χ4v) is 2.39. The molecule has 0 atom stereocenters. The maximum Gasteiger partial charge on any atom is 0.226 e. The first-order valence-corrected chi connectivity index (χ1v) is 7.89. The molecule has 2 heterocycles. The third-order valence-corrected chi connectivity index (χ3v) is 3.71. The first kappa shape index (κ1) is 15.9. The van der Waals surface area contributed by atoms with Crippen molar-refractivity contribution in [1.29, 1.82) is 0 Å². The molecule has 0 radical (unpaired) electrons. The number of amides is 1. The Bertz CT molecular complexity index is 798. The van der Waals surface area contributed by atoms with Gasteiger partial charge in [0.25, 0.3) is 0 Å². The van der Waals surface area contributed by atoms with Gasteiger partial charge in [-0.2, -0.15) is 0 Å². The number of rotatable bonds is 6. The highest BCUT2D eigenvalue weighted by molar-refractivity contribution is 5.76. The fraction of sp³-hybridized carbons (Fsp3) is 0.211. The Labute approximate surface area is 140 Å². The molecule has 122 valence electrons. The van der Waals surface area contributed by atoms with Crippen LogP contribution in [-0.2, 0) is 17.8 Å². The van der Waals surface area contributed by atoms with Crippen LogP contribution in [0.3, 0.4) is 0 Å². The van der Waals surface area contributed by atoms with Crippen molar-refractivity contribution in [1.82, 2.24) is 15.3 Å². The van der Waals surface area contributed by atoms with Crippen LogP contribution in [-0.4, -0.2) is 15.9 Å². The lowest BCUT2D eigenvalue weighted by Crippen LogP contribution is -2.23. The van der Waals surface area contributed by atoms with Crippen molar-refractivity contribution in [3.8, 4) is 11.5 Å². The van der Waals surface area contributed by atoms with Gasteiger partial charge in [0, 0.05) is 37.3 Å². The van der Waals surface area contributed by atoms with Crippen molar-refractivity contribution >= 4 is 5.91 Å². The van der Waals surface area contributed by atoms with Crippen molar-refractivity contribution in [2.24, 2.45) is 0 Å². The maximum atomic E-state index is 12.0. The number of carbonyl (C=O) groups excluding carboxylic acids is 1. The molecule has 0 bridgehead atoms. The van der Waals surface area contributed by atoms with Crippen LogP contribution in [0.4, 0.5) is 0 Å². The van der Waals surface area contributed by atoms with E-state index in [1.165, 1.54) is 0 Å². The summed E-state index contributed by atoms with van der Waals surface area (Å²) in [5.74, 6) is 1.34. The highest BCUT2D eigenvalue weighted by atomic mass is 16.4. The second-order valence-electron chi connectivity index (χ2n) is 5.53. The molecule has 1 amide bonds. The molecule has 0 saturated heterocycles. The van der Waals surface area contributed by atoms with Crippen molar-refractivity contribution in [2.45, 2.75) is 26.3 Å². The zero-order valence-corrected chi connectivity index (χ0v) is 13.5. The van der Waals surface area contributed by atoms with Gasteiger partial charge in [-0.3, -0.25) is 9.78 Å². The summed E-state index contributed by atoms with van der Waals surface area (Å²) in [5, 5.41) is 2.89. The van der Waals surface area contributed by atoms with Crippen LogP contribution < -0.4 is 5.32 Å². The van der Waals surface area contributed by atoms with Gasteiger partial charge in [-0.1, -0.05) is 24.3 Å². The van der Waals surface area contributed by atoms with Gasteiger partial charge in [0.1, 0.15) is 5.76 Å². The van der Waals surface area contributed by atoms with E-state index < -0.39 is 0 Å².